The maximum Gasteiger partial charge on any atom is 0.325 e. The quantitative estimate of drug-likeness (QED) is 0.794. The molecule has 0 aliphatic carbocycles. The van der Waals surface area contributed by atoms with Crippen LogP contribution in [0.2, 0.25) is 0 Å². The zero-order valence-electron chi connectivity index (χ0n) is 11.0. The van der Waals surface area contributed by atoms with E-state index in [2.05, 4.69) is 5.32 Å². The van der Waals surface area contributed by atoms with Crippen LogP contribution in [0.5, 0.6) is 0 Å². The number of nitrogens with zero attached hydrogens (tertiary/aromatic N) is 2. The van der Waals surface area contributed by atoms with E-state index in [0.29, 0.717) is 19.6 Å². The van der Waals surface area contributed by atoms with Gasteiger partial charge in [-0.15, -0.1) is 0 Å². The van der Waals surface area contributed by atoms with Gasteiger partial charge in [0.15, 0.2) is 0 Å². The van der Waals surface area contributed by atoms with Gasteiger partial charge in [0.25, 0.3) is 5.91 Å². The summed E-state index contributed by atoms with van der Waals surface area (Å²) in [5.41, 5.74) is -0.875. The van der Waals surface area contributed by atoms with Crippen molar-refractivity contribution in [1.82, 2.24) is 15.1 Å². The lowest BCUT2D eigenvalue weighted by atomic mass is 9.85. The Hall–Kier alpha value is -1.82. The fourth-order valence-electron chi connectivity index (χ4n) is 3.17. The highest BCUT2D eigenvalue weighted by atomic mass is 16.3. The van der Waals surface area contributed by atoms with E-state index in [1.54, 1.807) is 19.3 Å². The van der Waals surface area contributed by atoms with Gasteiger partial charge in [0.1, 0.15) is 11.3 Å². The number of furan rings is 1. The van der Waals surface area contributed by atoms with Crippen molar-refractivity contribution >= 4 is 11.9 Å². The highest BCUT2D eigenvalue weighted by Gasteiger charge is 2.60. The molecule has 0 unspecified atom stereocenters. The summed E-state index contributed by atoms with van der Waals surface area (Å²) in [5, 5.41) is 2.88. The molecule has 3 heterocycles. The minimum Gasteiger partial charge on any atom is -0.469 e. The van der Waals surface area contributed by atoms with Crippen molar-refractivity contribution in [2.45, 2.75) is 18.4 Å². The summed E-state index contributed by atoms with van der Waals surface area (Å²) < 4.78 is 5.46. The predicted molar refractivity (Wildman–Crippen MR) is 67.6 cm³/mol. The van der Waals surface area contributed by atoms with Crippen molar-refractivity contribution in [3.63, 3.8) is 0 Å². The number of carbonyl (C=O) groups is 2. The fraction of sp³-hybridized carbons (Fsp3) is 0.538. The van der Waals surface area contributed by atoms with Crippen LogP contribution in [0, 0.1) is 0 Å². The second-order valence-corrected chi connectivity index (χ2v) is 5.22. The second kappa shape index (κ2) is 4.09. The molecule has 19 heavy (non-hydrogen) atoms. The molecule has 2 aliphatic heterocycles. The molecule has 1 aromatic rings. The van der Waals surface area contributed by atoms with Gasteiger partial charge in [0.2, 0.25) is 0 Å². The molecule has 2 saturated heterocycles. The third kappa shape index (κ3) is 1.59. The molecule has 1 aromatic heterocycles. The number of likely N-dealkylation sites (N-methyl/N-ethyl adjacent to an activating group) is 2. The van der Waals surface area contributed by atoms with E-state index in [9.17, 15) is 9.59 Å². The molecule has 6 heteroatoms. The third-order valence-electron chi connectivity index (χ3n) is 4.01. The minimum atomic E-state index is -0.875. The Bertz CT molecular complexity index is 513. The molecule has 3 amide bonds. The number of urea groups is 1. The highest BCUT2D eigenvalue weighted by Crippen LogP contribution is 2.39. The Morgan fingerprint density at radius 1 is 1.53 bits per heavy atom. The zero-order chi connectivity index (χ0) is 13.6. The summed E-state index contributed by atoms with van der Waals surface area (Å²) in [6.07, 6.45) is 1.60. The molecule has 1 N–H and O–H groups in total. The van der Waals surface area contributed by atoms with Crippen LogP contribution in [0.1, 0.15) is 18.6 Å². The zero-order valence-corrected chi connectivity index (χ0v) is 11.0. The summed E-state index contributed by atoms with van der Waals surface area (Å²) in [7, 11) is 1.94. The molecule has 102 valence electrons. The Morgan fingerprint density at radius 2 is 2.32 bits per heavy atom. The first-order chi connectivity index (χ1) is 9.08. The number of hydrogen-bond donors (Lipinski definition) is 1. The molecule has 3 rings (SSSR count). The summed E-state index contributed by atoms with van der Waals surface area (Å²) in [5.74, 6) is 0.460. The van der Waals surface area contributed by atoms with Crippen LogP contribution in [0.15, 0.2) is 22.8 Å². The maximum atomic E-state index is 12.6. The summed E-state index contributed by atoms with van der Waals surface area (Å²) in [6, 6.07) is 3.36. The standard InChI is InChI=1S/C13H17N3O3/c1-3-16-11(17)13(14-12(16)18)8-15(2)7-9(13)10-5-4-6-19-10/h4-6,9H,3,7-8H2,1-2H3,(H,14,18)/t9-,13-/m1/s1. The molecule has 0 bridgehead atoms. The van der Waals surface area contributed by atoms with E-state index in [1.165, 1.54) is 4.90 Å². The number of carbonyl (C=O) groups excluding carboxylic acids is 2. The Morgan fingerprint density at radius 3 is 2.89 bits per heavy atom. The fourth-order valence-corrected chi connectivity index (χ4v) is 3.17. The van der Waals surface area contributed by atoms with E-state index in [1.807, 2.05) is 18.0 Å². The molecule has 2 aliphatic rings. The number of nitrogens with one attached hydrogen (secondary N) is 1. The van der Waals surface area contributed by atoms with Crippen LogP contribution in [0.4, 0.5) is 4.79 Å². The van der Waals surface area contributed by atoms with Gasteiger partial charge < -0.3 is 14.6 Å². The Labute approximate surface area is 111 Å². The summed E-state index contributed by atoms with van der Waals surface area (Å²) in [4.78, 5) is 27.9. The molecule has 6 nitrogen and oxygen atoms in total. The third-order valence-corrected chi connectivity index (χ3v) is 4.01. The molecule has 0 radical (unpaired) electrons. The number of rotatable bonds is 2. The van der Waals surface area contributed by atoms with Crippen LogP contribution < -0.4 is 5.32 Å². The van der Waals surface area contributed by atoms with Gasteiger partial charge in [-0.05, 0) is 26.1 Å². The molecular weight excluding hydrogens is 246 g/mol. The average Bonchev–Trinajstić information content (AvgIpc) is 3.02. The van der Waals surface area contributed by atoms with E-state index < -0.39 is 5.54 Å². The van der Waals surface area contributed by atoms with Crippen molar-refractivity contribution in [1.29, 1.82) is 0 Å². The van der Waals surface area contributed by atoms with Crippen LogP contribution >= 0.6 is 0 Å². The van der Waals surface area contributed by atoms with Crippen molar-refractivity contribution < 1.29 is 14.0 Å². The van der Waals surface area contributed by atoms with Gasteiger partial charge in [-0.3, -0.25) is 9.69 Å². The van der Waals surface area contributed by atoms with Crippen LogP contribution in [-0.4, -0.2) is 54.0 Å². The first-order valence-electron chi connectivity index (χ1n) is 6.44. The number of likely N-dealkylation sites (tertiary alicyclic amines) is 1. The lowest BCUT2D eigenvalue weighted by Gasteiger charge is -2.26. The predicted octanol–water partition coefficient (Wildman–Crippen LogP) is 0.619. The van der Waals surface area contributed by atoms with Gasteiger partial charge >= 0.3 is 6.03 Å². The van der Waals surface area contributed by atoms with Crippen LogP contribution in [-0.2, 0) is 4.79 Å². The Kier molecular flexibility index (Phi) is 2.63. The largest absolute Gasteiger partial charge is 0.469 e. The van der Waals surface area contributed by atoms with E-state index in [-0.39, 0.29) is 17.9 Å². The first-order valence-corrected chi connectivity index (χ1v) is 6.44. The second-order valence-electron chi connectivity index (χ2n) is 5.22. The van der Waals surface area contributed by atoms with Crippen molar-refractivity contribution in [3.05, 3.63) is 24.2 Å². The van der Waals surface area contributed by atoms with Gasteiger partial charge in [0.05, 0.1) is 12.2 Å². The Balaban J connectivity index is 2.02. The van der Waals surface area contributed by atoms with Gasteiger partial charge in [-0.2, -0.15) is 0 Å². The molecule has 0 saturated carbocycles. The van der Waals surface area contributed by atoms with E-state index in [4.69, 9.17) is 4.42 Å². The minimum absolute atomic E-state index is 0.138. The lowest BCUT2D eigenvalue weighted by Crippen LogP contribution is -2.52. The van der Waals surface area contributed by atoms with Gasteiger partial charge in [-0.1, -0.05) is 0 Å². The number of hydrogen-bond acceptors (Lipinski definition) is 4. The van der Waals surface area contributed by atoms with E-state index >= 15 is 0 Å². The van der Waals surface area contributed by atoms with Crippen molar-refractivity contribution in [2.75, 3.05) is 26.7 Å². The molecular formula is C13H17N3O3. The van der Waals surface area contributed by atoms with Crippen molar-refractivity contribution in [2.24, 2.45) is 0 Å². The highest BCUT2D eigenvalue weighted by molar-refractivity contribution is 6.08. The molecule has 2 atom stereocenters. The normalized spacial score (nSPS) is 31.5. The molecule has 2 fully saturated rings. The van der Waals surface area contributed by atoms with Gasteiger partial charge in [-0.25, -0.2) is 4.79 Å². The summed E-state index contributed by atoms with van der Waals surface area (Å²) in [6.45, 7) is 3.40. The van der Waals surface area contributed by atoms with E-state index in [0.717, 1.165) is 5.76 Å². The number of imide groups is 1. The van der Waals surface area contributed by atoms with Crippen LogP contribution in [0.3, 0.4) is 0 Å². The topological polar surface area (TPSA) is 65.8 Å². The van der Waals surface area contributed by atoms with Gasteiger partial charge in [0, 0.05) is 19.6 Å². The maximum absolute atomic E-state index is 12.6. The molecule has 0 aromatic carbocycles. The number of amides is 3. The first kappa shape index (κ1) is 12.2. The SMILES string of the molecule is CCN1C(=O)N[C@@]2(CN(C)C[C@@H]2c2ccco2)C1=O. The lowest BCUT2D eigenvalue weighted by molar-refractivity contribution is -0.131. The van der Waals surface area contributed by atoms with Crippen molar-refractivity contribution in [3.8, 4) is 0 Å². The van der Waals surface area contributed by atoms with Crippen LogP contribution in [0.25, 0.3) is 0 Å². The smallest absolute Gasteiger partial charge is 0.325 e. The summed E-state index contributed by atoms with van der Waals surface area (Å²) >= 11 is 0. The molecule has 1 spiro atoms. The average molecular weight is 263 g/mol. The monoisotopic (exact) mass is 263 g/mol.